The minimum absolute atomic E-state index is 0.0646. The van der Waals surface area contributed by atoms with Crippen LogP contribution in [0.3, 0.4) is 0 Å². The van der Waals surface area contributed by atoms with Crippen molar-refractivity contribution in [2.75, 3.05) is 19.0 Å². The third kappa shape index (κ3) is 3.15. The van der Waals surface area contributed by atoms with E-state index in [2.05, 4.69) is 26.2 Å². The summed E-state index contributed by atoms with van der Waals surface area (Å²) in [6.07, 6.45) is 7.11. The van der Waals surface area contributed by atoms with Crippen molar-refractivity contribution in [3.8, 4) is 29.0 Å². The van der Waals surface area contributed by atoms with E-state index in [0.717, 1.165) is 22.5 Å². The summed E-state index contributed by atoms with van der Waals surface area (Å²) in [6, 6.07) is 14.0. The molecule has 0 saturated heterocycles. The van der Waals surface area contributed by atoms with Gasteiger partial charge in [-0.1, -0.05) is 12.1 Å². The predicted molar refractivity (Wildman–Crippen MR) is 119 cm³/mol. The summed E-state index contributed by atoms with van der Waals surface area (Å²) in [5.74, 6) is 0.0399. The Balaban J connectivity index is 1.62. The smallest absolute Gasteiger partial charge is 0.222 e. The number of hydrogen-bond donors (Lipinski definition) is 2. The average molecular weight is 424 g/mol. The van der Waals surface area contributed by atoms with Crippen LogP contribution in [0.1, 0.15) is 17.0 Å². The monoisotopic (exact) mass is 424 g/mol. The second-order valence-electron chi connectivity index (χ2n) is 7.60. The molecular formula is C23H20N8O. The largest absolute Gasteiger partial charge is 0.422 e. The van der Waals surface area contributed by atoms with Gasteiger partial charge in [0.05, 0.1) is 35.4 Å². The Morgan fingerprint density at radius 2 is 2.00 bits per heavy atom. The number of nitrogens with two attached hydrogens (primary N) is 1. The fourth-order valence-corrected chi connectivity index (χ4v) is 3.82. The van der Waals surface area contributed by atoms with E-state index in [9.17, 15) is 5.26 Å². The number of benzene rings is 1. The zero-order valence-corrected chi connectivity index (χ0v) is 17.5. The van der Waals surface area contributed by atoms with Gasteiger partial charge in [0.25, 0.3) is 0 Å². The lowest BCUT2D eigenvalue weighted by atomic mass is 9.83. The van der Waals surface area contributed by atoms with Crippen LogP contribution in [0.2, 0.25) is 0 Å². The first-order valence-electron chi connectivity index (χ1n) is 9.94. The third-order valence-electron chi connectivity index (χ3n) is 5.48. The van der Waals surface area contributed by atoms with E-state index in [0.29, 0.717) is 22.8 Å². The minimum Gasteiger partial charge on any atom is -0.422 e. The highest BCUT2D eigenvalue weighted by atomic mass is 16.5. The number of ether oxygens (including phenoxy) is 1. The molecule has 0 radical (unpaired) electrons. The van der Waals surface area contributed by atoms with Crippen LogP contribution in [0.25, 0.3) is 17.1 Å². The molecule has 0 saturated carbocycles. The quantitative estimate of drug-likeness (QED) is 0.516. The van der Waals surface area contributed by atoms with Crippen LogP contribution < -0.4 is 15.4 Å². The maximum atomic E-state index is 9.89. The zero-order valence-electron chi connectivity index (χ0n) is 17.5. The molecule has 0 amide bonds. The molecule has 0 bridgehead atoms. The van der Waals surface area contributed by atoms with Crippen molar-refractivity contribution < 1.29 is 4.74 Å². The highest BCUT2D eigenvalue weighted by Crippen LogP contribution is 2.45. The van der Waals surface area contributed by atoms with Crippen molar-refractivity contribution >= 4 is 5.69 Å². The Hall–Kier alpha value is -4.58. The Morgan fingerprint density at radius 3 is 2.62 bits per heavy atom. The van der Waals surface area contributed by atoms with Gasteiger partial charge in [-0.2, -0.15) is 10.4 Å². The molecule has 1 aromatic carbocycles. The number of aromatic amines is 1. The van der Waals surface area contributed by atoms with Crippen LogP contribution in [0, 0.1) is 11.3 Å². The van der Waals surface area contributed by atoms with Gasteiger partial charge in [-0.25, -0.2) is 10.1 Å². The fourth-order valence-electron chi connectivity index (χ4n) is 3.82. The molecule has 1 aliphatic rings. The van der Waals surface area contributed by atoms with Crippen LogP contribution in [-0.4, -0.2) is 38.8 Å². The van der Waals surface area contributed by atoms with Gasteiger partial charge in [-0.15, -0.1) is 0 Å². The van der Waals surface area contributed by atoms with Gasteiger partial charge in [0.2, 0.25) is 11.8 Å². The number of rotatable bonds is 4. The van der Waals surface area contributed by atoms with E-state index in [1.165, 1.54) is 0 Å². The van der Waals surface area contributed by atoms with Crippen LogP contribution in [0.5, 0.6) is 5.88 Å². The average Bonchev–Trinajstić information content (AvgIpc) is 3.49. The van der Waals surface area contributed by atoms with Gasteiger partial charge in [0, 0.05) is 32.2 Å². The number of anilines is 1. The summed E-state index contributed by atoms with van der Waals surface area (Å²) in [7, 11) is 3.91. The molecule has 4 aromatic rings. The molecule has 9 nitrogen and oxygen atoms in total. The van der Waals surface area contributed by atoms with Gasteiger partial charge < -0.3 is 19.9 Å². The fraction of sp³-hybridized carbons (Fsp3) is 0.130. The molecule has 0 aliphatic carbocycles. The Bertz CT molecular complexity index is 1330. The van der Waals surface area contributed by atoms with Gasteiger partial charge in [-0.05, 0) is 29.8 Å². The van der Waals surface area contributed by atoms with E-state index < -0.39 is 5.92 Å². The molecule has 0 fully saturated rings. The molecular weight excluding hydrogens is 404 g/mol. The molecule has 3 aromatic heterocycles. The first-order chi connectivity index (χ1) is 15.6. The number of aromatic nitrogens is 5. The van der Waals surface area contributed by atoms with Crippen molar-refractivity contribution in [1.29, 1.82) is 5.26 Å². The zero-order chi connectivity index (χ0) is 22.2. The van der Waals surface area contributed by atoms with Gasteiger partial charge in [0.1, 0.15) is 17.3 Å². The third-order valence-corrected chi connectivity index (χ3v) is 5.48. The van der Waals surface area contributed by atoms with E-state index in [4.69, 9.17) is 10.5 Å². The lowest BCUT2D eigenvalue weighted by molar-refractivity contribution is 0.379. The molecule has 4 heterocycles. The summed E-state index contributed by atoms with van der Waals surface area (Å²) >= 11 is 0. The maximum absolute atomic E-state index is 9.89. The van der Waals surface area contributed by atoms with Crippen molar-refractivity contribution in [2.45, 2.75) is 5.92 Å². The predicted octanol–water partition coefficient (Wildman–Crippen LogP) is 2.94. The Kier molecular flexibility index (Phi) is 4.60. The first-order valence-corrected chi connectivity index (χ1v) is 9.94. The molecule has 1 atom stereocenters. The lowest BCUT2D eigenvalue weighted by Crippen LogP contribution is -2.21. The highest BCUT2D eigenvalue weighted by Gasteiger charge is 2.35. The Morgan fingerprint density at radius 1 is 1.19 bits per heavy atom. The summed E-state index contributed by atoms with van der Waals surface area (Å²) in [5.41, 5.74) is 11.3. The van der Waals surface area contributed by atoms with Crippen LogP contribution in [0.4, 0.5) is 5.69 Å². The molecule has 3 N–H and O–H groups in total. The normalized spacial score (nSPS) is 15.1. The van der Waals surface area contributed by atoms with E-state index >= 15 is 0 Å². The number of fused-ring (bicyclic) bond motifs is 1. The molecule has 32 heavy (non-hydrogen) atoms. The Labute approximate surface area is 184 Å². The molecule has 9 heteroatoms. The van der Waals surface area contributed by atoms with Gasteiger partial charge >= 0.3 is 0 Å². The number of allylic oxidation sites excluding steroid dienone is 1. The van der Waals surface area contributed by atoms with Crippen LogP contribution >= 0.6 is 0 Å². The summed E-state index contributed by atoms with van der Waals surface area (Å²) in [4.78, 5) is 10.6. The number of imidazole rings is 1. The first kappa shape index (κ1) is 19.4. The second kappa shape index (κ2) is 7.59. The molecule has 5 rings (SSSR count). The highest BCUT2D eigenvalue weighted by molar-refractivity contribution is 5.69. The summed E-state index contributed by atoms with van der Waals surface area (Å²) < 4.78 is 7.61. The van der Waals surface area contributed by atoms with E-state index in [1.807, 2.05) is 66.2 Å². The number of hydrogen-bond acceptors (Lipinski definition) is 7. The second-order valence-corrected chi connectivity index (χ2v) is 7.60. The lowest BCUT2D eigenvalue weighted by Gasteiger charge is -2.24. The number of nitriles is 1. The standard InChI is InChI=1S/C23H20N8O/c1-30(2)16-7-8-18(27-12-16)21-20-19(17(11-24)22(25)32-23(20)29-28-21)14-3-5-15(6-4-14)31-10-9-26-13-31/h3-10,12-13,19H,25H2,1-2H3,(H,28,29). The molecule has 1 unspecified atom stereocenters. The molecule has 158 valence electrons. The van der Waals surface area contributed by atoms with Gasteiger partial charge in [0.15, 0.2) is 0 Å². The SMILES string of the molecule is CN(C)c1ccc(-c2n[nH]c3c2C(c2ccc(-n4ccnc4)cc2)C(C#N)=C(N)O3)nc1. The van der Waals surface area contributed by atoms with Crippen molar-refractivity contribution in [3.63, 3.8) is 0 Å². The topological polar surface area (TPSA) is 122 Å². The molecule has 0 spiro atoms. The van der Waals surface area contributed by atoms with E-state index in [-0.39, 0.29) is 5.88 Å². The summed E-state index contributed by atoms with van der Waals surface area (Å²) in [5, 5.41) is 17.2. The van der Waals surface area contributed by atoms with Crippen molar-refractivity contribution in [2.24, 2.45) is 5.73 Å². The number of nitrogens with one attached hydrogen (secondary N) is 1. The number of H-pyrrole nitrogens is 1. The molecule has 1 aliphatic heterocycles. The van der Waals surface area contributed by atoms with Gasteiger partial charge in [-0.3, -0.25) is 4.98 Å². The number of nitrogens with zero attached hydrogens (tertiary/aromatic N) is 6. The van der Waals surface area contributed by atoms with Crippen molar-refractivity contribution in [1.82, 2.24) is 24.7 Å². The minimum atomic E-state index is -0.440. The summed E-state index contributed by atoms with van der Waals surface area (Å²) in [6.45, 7) is 0. The number of pyridine rings is 1. The maximum Gasteiger partial charge on any atom is 0.222 e. The van der Waals surface area contributed by atoms with E-state index in [1.54, 1.807) is 18.7 Å². The van der Waals surface area contributed by atoms with Crippen LogP contribution in [-0.2, 0) is 0 Å². The van der Waals surface area contributed by atoms with Crippen LogP contribution in [0.15, 0.2) is 72.8 Å². The van der Waals surface area contributed by atoms with Crippen molar-refractivity contribution in [3.05, 3.63) is 83.9 Å².